The van der Waals surface area contributed by atoms with Gasteiger partial charge in [0.15, 0.2) is 0 Å². The normalized spacial score (nSPS) is 11.4. The molecule has 0 spiro atoms. The Kier molecular flexibility index (Phi) is 10.9. The van der Waals surface area contributed by atoms with E-state index in [-0.39, 0.29) is 0 Å². The third-order valence-corrected chi connectivity index (χ3v) is 10.8. The van der Waals surface area contributed by atoms with Crippen molar-refractivity contribution in [3.05, 3.63) is 229 Å². The lowest BCUT2D eigenvalue weighted by Gasteiger charge is -2.25. The summed E-state index contributed by atoms with van der Waals surface area (Å²) in [4.78, 5) is 4.51. The van der Waals surface area contributed by atoms with E-state index in [1.54, 1.807) is 14.2 Å². The molecule has 0 unspecified atom stereocenters. The molecule has 0 bridgehead atoms. The molecule has 0 aliphatic carbocycles. The number of ether oxygens (including phenoxy) is 2. The molecular weight excluding hydrogens is 733 g/mol. The molecule has 60 heavy (non-hydrogen) atoms. The van der Waals surface area contributed by atoms with Gasteiger partial charge in [0.25, 0.3) is 0 Å². The van der Waals surface area contributed by atoms with Crippen LogP contribution in [-0.2, 0) is 0 Å². The molecule has 0 heterocycles. The van der Waals surface area contributed by atoms with Gasteiger partial charge in [0, 0.05) is 34.1 Å². The van der Waals surface area contributed by atoms with Gasteiger partial charge in [-0.05, 0) is 165 Å². The van der Waals surface area contributed by atoms with E-state index >= 15 is 0 Å². The average Bonchev–Trinajstić information content (AvgIpc) is 3.31. The second-order valence-electron chi connectivity index (χ2n) is 14.7. The Morgan fingerprint density at radius 2 is 0.583 bits per heavy atom. The van der Waals surface area contributed by atoms with Crippen molar-refractivity contribution >= 4 is 80.0 Å². The first-order valence-electron chi connectivity index (χ1n) is 20.1. The highest BCUT2D eigenvalue weighted by Gasteiger charge is 2.14. The number of fused-ring (bicyclic) bond motifs is 2. The van der Waals surface area contributed by atoms with Gasteiger partial charge in [-0.3, -0.25) is 0 Å². The monoisotopic (exact) mass is 776 g/mol. The molecule has 0 aromatic heterocycles. The smallest absolute Gasteiger partial charge is 0.119 e. The molecule has 0 N–H and O–H groups in total. The zero-order valence-corrected chi connectivity index (χ0v) is 33.7. The zero-order valence-electron chi connectivity index (χ0n) is 33.7. The largest absolute Gasteiger partial charge is 0.497 e. The maximum Gasteiger partial charge on any atom is 0.119 e. The summed E-state index contributed by atoms with van der Waals surface area (Å²) in [6.45, 7) is 0. The summed E-state index contributed by atoms with van der Waals surface area (Å²) < 4.78 is 10.8. The van der Waals surface area contributed by atoms with Crippen molar-refractivity contribution in [3.8, 4) is 11.5 Å². The molecule has 0 fully saturated rings. The molecule has 0 aliphatic rings. The minimum absolute atomic E-state index is 0.837. The van der Waals surface area contributed by atoms with Crippen LogP contribution in [0.15, 0.2) is 206 Å². The lowest BCUT2D eigenvalue weighted by molar-refractivity contribution is 0.414. The van der Waals surface area contributed by atoms with Crippen LogP contribution in [0.4, 0.5) is 34.1 Å². The third-order valence-electron chi connectivity index (χ3n) is 10.8. The molecule has 9 aromatic rings. The maximum atomic E-state index is 5.40. The third kappa shape index (κ3) is 8.40. The number of nitrogens with zero attached hydrogens (tertiary/aromatic N) is 2. The lowest BCUT2D eigenvalue weighted by atomic mass is 9.99. The maximum absolute atomic E-state index is 5.40. The Morgan fingerprint density at radius 3 is 0.933 bits per heavy atom. The van der Waals surface area contributed by atoms with Crippen LogP contribution in [0.1, 0.15) is 22.3 Å². The fourth-order valence-electron chi connectivity index (χ4n) is 7.61. The summed E-state index contributed by atoms with van der Waals surface area (Å²) >= 11 is 0. The van der Waals surface area contributed by atoms with Crippen LogP contribution in [0.5, 0.6) is 11.5 Å². The van der Waals surface area contributed by atoms with Crippen molar-refractivity contribution in [2.45, 2.75) is 0 Å². The van der Waals surface area contributed by atoms with Crippen molar-refractivity contribution in [2.75, 3.05) is 24.0 Å². The van der Waals surface area contributed by atoms with Crippen molar-refractivity contribution in [2.24, 2.45) is 0 Å². The van der Waals surface area contributed by atoms with Crippen LogP contribution in [0.25, 0.3) is 45.8 Å². The highest BCUT2D eigenvalue weighted by molar-refractivity contribution is 6.00. The van der Waals surface area contributed by atoms with E-state index in [0.29, 0.717) is 0 Å². The van der Waals surface area contributed by atoms with E-state index in [0.717, 1.165) is 67.9 Å². The molecule has 4 nitrogen and oxygen atoms in total. The number of rotatable bonds is 12. The standard InChI is InChI=1S/C56H44N2O2/c1-59-55-33-29-53(30-34-55)57(49-9-5-3-6-10-49)51-25-19-41(20-26-51)13-15-43-17-23-45-40-48-38-44(18-24-46(48)39-47(45)37-43)16-14-42-21-27-52(28-22-42)58(50-11-7-4-8-12-50)54-31-35-56(60-2)36-32-54/h3-40H,1-2H3. The van der Waals surface area contributed by atoms with E-state index in [1.807, 2.05) is 36.4 Å². The first-order valence-corrected chi connectivity index (χ1v) is 20.1. The number of methoxy groups -OCH3 is 2. The van der Waals surface area contributed by atoms with E-state index in [9.17, 15) is 0 Å². The molecule has 9 rings (SSSR count). The van der Waals surface area contributed by atoms with Gasteiger partial charge in [0.2, 0.25) is 0 Å². The minimum Gasteiger partial charge on any atom is -0.497 e. The molecule has 9 aromatic carbocycles. The fourth-order valence-corrected chi connectivity index (χ4v) is 7.61. The van der Waals surface area contributed by atoms with Gasteiger partial charge in [-0.25, -0.2) is 0 Å². The molecule has 0 saturated carbocycles. The van der Waals surface area contributed by atoms with Gasteiger partial charge in [-0.15, -0.1) is 0 Å². The fraction of sp³-hybridized carbons (Fsp3) is 0.0357. The number of para-hydroxylation sites is 2. The van der Waals surface area contributed by atoms with Gasteiger partial charge in [0.1, 0.15) is 11.5 Å². The van der Waals surface area contributed by atoms with Crippen LogP contribution in [0.2, 0.25) is 0 Å². The predicted octanol–water partition coefficient (Wildman–Crippen LogP) is 15.3. The zero-order chi connectivity index (χ0) is 40.7. The Morgan fingerprint density at radius 1 is 0.283 bits per heavy atom. The summed E-state index contributed by atoms with van der Waals surface area (Å²) in [5.74, 6) is 1.67. The minimum atomic E-state index is 0.837. The molecular formula is C56H44N2O2. The van der Waals surface area contributed by atoms with E-state index < -0.39 is 0 Å². The number of benzene rings is 9. The van der Waals surface area contributed by atoms with Gasteiger partial charge >= 0.3 is 0 Å². The first-order chi connectivity index (χ1) is 29.6. The van der Waals surface area contributed by atoms with Crippen LogP contribution in [0, 0.1) is 0 Å². The van der Waals surface area contributed by atoms with Crippen LogP contribution >= 0.6 is 0 Å². The van der Waals surface area contributed by atoms with Crippen molar-refractivity contribution < 1.29 is 9.47 Å². The Hall–Kier alpha value is -7.82. The highest BCUT2D eigenvalue weighted by atomic mass is 16.5. The molecule has 4 heteroatoms. The number of hydrogen-bond donors (Lipinski definition) is 0. The molecule has 0 saturated heterocycles. The van der Waals surface area contributed by atoms with Crippen LogP contribution in [-0.4, -0.2) is 14.2 Å². The van der Waals surface area contributed by atoms with E-state index in [2.05, 4.69) is 204 Å². The van der Waals surface area contributed by atoms with E-state index in [1.165, 1.54) is 21.5 Å². The second kappa shape index (κ2) is 17.4. The topological polar surface area (TPSA) is 24.9 Å². The summed E-state index contributed by atoms with van der Waals surface area (Å²) in [7, 11) is 3.38. The Balaban J connectivity index is 0.897. The molecule has 290 valence electrons. The summed E-state index contributed by atoms with van der Waals surface area (Å²) in [6.07, 6.45) is 8.74. The average molecular weight is 777 g/mol. The predicted molar refractivity (Wildman–Crippen MR) is 255 cm³/mol. The van der Waals surface area contributed by atoms with Gasteiger partial charge in [-0.1, -0.05) is 109 Å². The molecule has 0 aliphatic heterocycles. The Labute approximate surface area is 352 Å². The van der Waals surface area contributed by atoms with Gasteiger partial charge in [-0.2, -0.15) is 0 Å². The molecule has 0 atom stereocenters. The molecule has 0 amide bonds. The summed E-state index contributed by atoms with van der Waals surface area (Å²) in [5, 5.41) is 4.89. The number of hydrogen-bond acceptors (Lipinski definition) is 4. The summed E-state index contributed by atoms with van der Waals surface area (Å²) in [6, 6.07) is 72.5. The number of anilines is 6. The second-order valence-corrected chi connectivity index (χ2v) is 14.7. The first kappa shape index (κ1) is 37.7. The van der Waals surface area contributed by atoms with Crippen LogP contribution < -0.4 is 19.3 Å². The Bertz CT molecular complexity index is 2700. The van der Waals surface area contributed by atoms with Crippen molar-refractivity contribution in [1.82, 2.24) is 0 Å². The van der Waals surface area contributed by atoms with Crippen LogP contribution in [0.3, 0.4) is 0 Å². The van der Waals surface area contributed by atoms with Crippen molar-refractivity contribution in [1.29, 1.82) is 0 Å². The quantitative estimate of drug-likeness (QED) is 0.0911. The lowest BCUT2D eigenvalue weighted by Crippen LogP contribution is -2.09. The van der Waals surface area contributed by atoms with Crippen molar-refractivity contribution in [3.63, 3.8) is 0 Å². The van der Waals surface area contributed by atoms with E-state index in [4.69, 9.17) is 9.47 Å². The van der Waals surface area contributed by atoms with Gasteiger partial charge < -0.3 is 19.3 Å². The molecule has 0 radical (unpaired) electrons. The highest BCUT2D eigenvalue weighted by Crippen LogP contribution is 2.37. The summed E-state index contributed by atoms with van der Waals surface area (Å²) in [5.41, 5.74) is 11.1. The SMILES string of the molecule is COc1ccc(N(c2ccccc2)c2ccc(C=Cc3ccc4cc5cc(C=Cc6ccc(N(c7ccccc7)c7ccc(OC)cc7)cc6)ccc5cc4c3)cc2)cc1. The van der Waals surface area contributed by atoms with Gasteiger partial charge in [0.05, 0.1) is 14.2 Å².